The van der Waals surface area contributed by atoms with E-state index in [4.69, 9.17) is 0 Å². The highest BCUT2D eigenvalue weighted by molar-refractivity contribution is 6.70. The Kier molecular flexibility index (Phi) is 2.00. The van der Waals surface area contributed by atoms with Gasteiger partial charge in [-0.2, -0.15) is 0 Å². The van der Waals surface area contributed by atoms with Crippen molar-refractivity contribution in [3.63, 3.8) is 0 Å². The highest BCUT2D eigenvalue weighted by Gasteiger charge is 1.96. The Hall–Kier alpha value is -0.633. The second-order valence-electron chi connectivity index (χ2n) is 2.24. The molecule has 0 saturated carbocycles. The lowest BCUT2D eigenvalue weighted by Gasteiger charge is -1.98. The van der Waals surface area contributed by atoms with Gasteiger partial charge in [0.05, 0.1) is 8.80 Å². The Bertz CT molecular complexity index is 172. The summed E-state index contributed by atoms with van der Waals surface area (Å²) >= 11 is 0. The summed E-state index contributed by atoms with van der Waals surface area (Å²) in [5, 5.41) is 1.41. The van der Waals surface area contributed by atoms with Crippen LogP contribution in [-0.2, 0) is 0 Å². The molecule has 1 aromatic rings. The molecule has 2 heteroatoms. The van der Waals surface area contributed by atoms with E-state index >= 15 is 0 Å². The van der Waals surface area contributed by atoms with Crippen molar-refractivity contribution in [2.45, 2.75) is 13.1 Å². The number of rotatable bonds is 1. The molecule has 0 bridgehead atoms. The van der Waals surface area contributed by atoms with Crippen LogP contribution in [0.15, 0.2) is 24.5 Å². The normalized spacial score (nSPS) is 10.1. The molecule has 0 saturated heterocycles. The summed E-state index contributed by atoms with van der Waals surface area (Å²) in [6, 6.07) is 4.13. The molecule has 0 unspecified atom stereocenters. The van der Waals surface area contributed by atoms with Gasteiger partial charge >= 0.3 is 0 Å². The molecule has 1 aromatic heterocycles. The van der Waals surface area contributed by atoms with Gasteiger partial charge in [-0.3, -0.25) is 4.98 Å². The minimum Gasteiger partial charge on any atom is -0.265 e. The second-order valence-corrected chi connectivity index (χ2v) is 4.82. The van der Waals surface area contributed by atoms with Crippen LogP contribution < -0.4 is 5.19 Å². The summed E-state index contributed by atoms with van der Waals surface area (Å²) in [6.07, 6.45) is 3.77. The third kappa shape index (κ3) is 1.64. The molecule has 0 fully saturated rings. The van der Waals surface area contributed by atoms with E-state index in [1.165, 1.54) is 5.19 Å². The third-order valence-corrected chi connectivity index (χ3v) is 2.69. The van der Waals surface area contributed by atoms with Crippen LogP contribution in [0, 0.1) is 0 Å². The fourth-order valence-electron chi connectivity index (χ4n) is 0.659. The van der Waals surface area contributed by atoms with Crippen molar-refractivity contribution < 1.29 is 0 Å². The van der Waals surface area contributed by atoms with Crippen molar-refractivity contribution >= 4 is 14.0 Å². The minimum atomic E-state index is -0.275. The minimum absolute atomic E-state index is 0.275. The lowest BCUT2D eigenvalue weighted by atomic mass is 10.5. The molecule has 1 rings (SSSR count). The molecule has 1 heterocycles. The first-order valence-electron chi connectivity index (χ1n) is 3.01. The Morgan fingerprint density at radius 2 is 2.22 bits per heavy atom. The summed E-state index contributed by atoms with van der Waals surface area (Å²) < 4.78 is 0. The van der Waals surface area contributed by atoms with E-state index in [9.17, 15) is 0 Å². The number of pyridine rings is 1. The zero-order valence-electron chi connectivity index (χ0n) is 5.76. The van der Waals surface area contributed by atoms with E-state index in [1.807, 2.05) is 18.5 Å². The van der Waals surface area contributed by atoms with E-state index < -0.39 is 0 Å². The lowest BCUT2D eigenvalue weighted by molar-refractivity contribution is 1.35. The molecule has 0 aromatic carbocycles. The molecule has 47 valence electrons. The molecule has 0 amide bonds. The van der Waals surface area contributed by atoms with Crippen molar-refractivity contribution in [2.24, 2.45) is 0 Å². The maximum atomic E-state index is 4.03. The average Bonchev–Trinajstić information content (AvgIpc) is 1.90. The maximum Gasteiger partial charge on any atom is 0.0812 e. The zero-order chi connectivity index (χ0) is 6.69. The Labute approximate surface area is 57.4 Å². The van der Waals surface area contributed by atoms with Crippen LogP contribution in [0.25, 0.3) is 0 Å². The van der Waals surface area contributed by atoms with Crippen molar-refractivity contribution in [1.29, 1.82) is 0 Å². The largest absolute Gasteiger partial charge is 0.265 e. The molecule has 9 heavy (non-hydrogen) atoms. The molecule has 0 aliphatic heterocycles. The van der Waals surface area contributed by atoms with Crippen LogP contribution in [0.4, 0.5) is 0 Å². The molecule has 0 aliphatic rings. The number of hydrogen-bond acceptors (Lipinski definition) is 1. The summed E-state index contributed by atoms with van der Waals surface area (Å²) in [7, 11) is -0.275. The molecule has 1 nitrogen and oxygen atoms in total. The summed E-state index contributed by atoms with van der Waals surface area (Å²) in [5.41, 5.74) is 0. The van der Waals surface area contributed by atoms with Crippen molar-refractivity contribution in [3.8, 4) is 0 Å². The van der Waals surface area contributed by atoms with Crippen LogP contribution in [-0.4, -0.2) is 13.8 Å². The predicted octanol–water partition coefficient (Wildman–Crippen LogP) is 1.04. The lowest BCUT2D eigenvalue weighted by Crippen LogP contribution is -2.22. The standard InChI is InChI=1S/C7H10NSi/c1-9(2)7-4-3-5-8-6-7/h3-6H,1-2H3. The quantitative estimate of drug-likeness (QED) is 0.526. The number of nitrogens with zero attached hydrogens (tertiary/aromatic N) is 1. The van der Waals surface area contributed by atoms with Gasteiger partial charge in [0.2, 0.25) is 0 Å². The van der Waals surface area contributed by atoms with E-state index in [0.717, 1.165) is 0 Å². The monoisotopic (exact) mass is 136 g/mol. The van der Waals surface area contributed by atoms with Gasteiger partial charge in [0.25, 0.3) is 0 Å². The zero-order valence-corrected chi connectivity index (χ0v) is 6.76. The fraction of sp³-hybridized carbons (Fsp3) is 0.286. The number of aromatic nitrogens is 1. The predicted molar refractivity (Wildman–Crippen MR) is 41.4 cm³/mol. The van der Waals surface area contributed by atoms with Gasteiger partial charge in [-0.25, -0.2) is 0 Å². The van der Waals surface area contributed by atoms with E-state index in [1.54, 1.807) is 0 Å². The summed E-state index contributed by atoms with van der Waals surface area (Å²) in [4.78, 5) is 4.03. The molecule has 0 atom stereocenters. The summed E-state index contributed by atoms with van der Waals surface area (Å²) in [5.74, 6) is 0. The van der Waals surface area contributed by atoms with Crippen molar-refractivity contribution in [2.75, 3.05) is 0 Å². The van der Waals surface area contributed by atoms with Crippen molar-refractivity contribution in [1.82, 2.24) is 4.98 Å². The fourth-order valence-corrected chi connectivity index (χ4v) is 1.42. The highest BCUT2D eigenvalue weighted by atomic mass is 28.3. The van der Waals surface area contributed by atoms with Gasteiger partial charge in [0.1, 0.15) is 0 Å². The van der Waals surface area contributed by atoms with Crippen LogP contribution in [0.3, 0.4) is 0 Å². The molecule has 0 aliphatic carbocycles. The molecule has 1 radical (unpaired) electrons. The Balaban J connectivity index is 2.85. The van der Waals surface area contributed by atoms with E-state index in [-0.39, 0.29) is 8.80 Å². The first-order chi connectivity index (χ1) is 4.30. The smallest absolute Gasteiger partial charge is 0.0812 e. The van der Waals surface area contributed by atoms with Crippen LogP contribution >= 0.6 is 0 Å². The van der Waals surface area contributed by atoms with Gasteiger partial charge in [-0.05, 0) is 11.3 Å². The second kappa shape index (κ2) is 2.78. The number of hydrogen-bond donors (Lipinski definition) is 0. The van der Waals surface area contributed by atoms with Gasteiger partial charge in [0, 0.05) is 12.4 Å². The highest BCUT2D eigenvalue weighted by Crippen LogP contribution is 1.82. The molecule has 0 spiro atoms. The van der Waals surface area contributed by atoms with E-state index in [0.29, 0.717) is 0 Å². The molecule has 0 N–H and O–H groups in total. The maximum absolute atomic E-state index is 4.03. The van der Waals surface area contributed by atoms with Gasteiger partial charge < -0.3 is 0 Å². The van der Waals surface area contributed by atoms with Gasteiger partial charge in [-0.1, -0.05) is 19.2 Å². The van der Waals surface area contributed by atoms with Crippen LogP contribution in [0.1, 0.15) is 0 Å². The SMILES string of the molecule is C[Si](C)c1cccnc1. The first-order valence-corrected chi connectivity index (χ1v) is 5.51. The topological polar surface area (TPSA) is 12.9 Å². The summed E-state index contributed by atoms with van der Waals surface area (Å²) in [6.45, 7) is 4.53. The van der Waals surface area contributed by atoms with Gasteiger partial charge in [-0.15, -0.1) is 0 Å². The average molecular weight is 136 g/mol. The van der Waals surface area contributed by atoms with Crippen LogP contribution in [0.2, 0.25) is 13.1 Å². The van der Waals surface area contributed by atoms with Crippen LogP contribution in [0.5, 0.6) is 0 Å². The van der Waals surface area contributed by atoms with Crippen molar-refractivity contribution in [3.05, 3.63) is 24.5 Å². The van der Waals surface area contributed by atoms with E-state index in [2.05, 4.69) is 24.1 Å². The molecular formula is C7H10NSi. The first kappa shape index (κ1) is 6.49. The molecular weight excluding hydrogens is 126 g/mol. The van der Waals surface area contributed by atoms with Gasteiger partial charge in [0.15, 0.2) is 0 Å². The third-order valence-electron chi connectivity index (χ3n) is 1.24. The Morgan fingerprint density at radius 1 is 1.44 bits per heavy atom. The Morgan fingerprint density at radius 3 is 2.56 bits per heavy atom.